The van der Waals surface area contributed by atoms with Crippen LogP contribution < -0.4 is 5.32 Å². The van der Waals surface area contributed by atoms with Gasteiger partial charge in [0.05, 0.1) is 18.8 Å². The predicted octanol–water partition coefficient (Wildman–Crippen LogP) is 3.30. The summed E-state index contributed by atoms with van der Waals surface area (Å²) < 4.78 is 1.88. The molecule has 1 unspecified atom stereocenters. The van der Waals surface area contributed by atoms with E-state index < -0.39 is 0 Å². The third kappa shape index (κ3) is 3.35. The standard InChI is InChI=1S/C20H19N5O/c1-14(17-11-22-25(13-17)12-15-6-3-2-4-7-15)23-20(26)18-10-16-8-5-9-21-19(16)24-18/h2-11,13-14H,12H2,1H3,(H,21,24)(H,23,26). The molecule has 6 nitrogen and oxygen atoms in total. The van der Waals surface area contributed by atoms with Gasteiger partial charge in [0.15, 0.2) is 0 Å². The molecule has 2 N–H and O–H groups in total. The van der Waals surface area contributed by atoms with Crippen LogP contribution in [0.15, 0.2) is 67.1 Å². The van der Waals surface area contributed by atoms with Crippen molar-refractivity contribution in [2.75, 3.05) is 0 Å². The van der Waals surface area contributed by atoms with Crippen LogP contribution in [0.25, 0.3) is 11.0 Å². The molecule has 0 fully saturated rings. The van der Waals surface area contributed by atoms with E-state index in [-0.39, 0.29) is 11.9 Å². The van der Waals surface area contributed by atoms with E-state index >= 15 is 0 Å². The van der Waals surface area contributed by atoms with Crippen molar-refractivity contribution in [3.8, 4) is 0 Å². The number of hydrogen-bond donors (Lipinski definition) is 2. The molecule has 0 aliphatic rings. The van der Waals surface area contributed by atoms with Crippen LogP contribution in [0.2, 0.25) is 0 Å². The smallest absolute Gasteiger partial charge is 0.268 e. The van der Waals surface area contributed by atoms with Gasteiger partial charge in [-0.05, 0) is 30.7 Å². The number of fused-ring (bicyclic) bond motifs is 1. The van der Waals surface area contributed by atoms with Crippen LogP contribution >= 0.6 is 0 Å². The fourth-order valence-electron chi connectivity index (χ4n) is 2.90. The maximum Gasteiger partial charge on any atom is 0.268 e. The molecule has 0 saturated heterocycles. The first-order valence-electron chi connectivity index (χ1n) is 8.50. The molecule has 3 heterocycles. The molecule has 1 atom stereocenters. The van der Waals surface area contributed by atoms with Crippen LogP contribution in [0, 0.1) is 0 Å². The highest BCUT2D eigenvalue weighted by Gasteiger charge is 2.15. The van der Waals surface area contributed by atoms with Crippen molar-refractivity contribution in [2.45, 2.75) is 19.5 Å². The minimum atomic E-state index is -0.161. The number of aromatic nitrogens is 4. The van der Waals surface area contributed by atoms with E-state index in [1.54, 1.807) is 12.4 Å². The van der Waals surface area contributed by atoms with Gasteiger partial charge in [-0.15, -0.1) is 0 Å². The van der Waals surface area contributed by atoms with Crippen molar-refractivity contribution in [3.63, 3.8) is 0 Å². The first kappa shape index (κ1) is 16.1. The number of aromatic amines is 1. The van der Waals surface area contributed by atoms with Crippen molar-refractivity contribution >= 4 is 16.9 Å². The van der Waals surface area contributed by atoms with Crippen molar-refractivity contribution in [2.24, 2.45) is 0 Å². The molecule has 0 aliphatic heterocycles. The van der Waals surface area contributed by atoms with Gasteiger partial charge in [0.2, 0.25) is 0 Å². The number of H-pyrrole nitrogens is 1. The molecule has 130 valence electrons. The van der Waals surface area contributed by atoms with E-state index in [1.165, 1.54) is 5.56 Å². The van der Waals surface area contributed by atoms with E-state index in [4.69, 9.17) is 0 Å². The molecule has 0 saturated carbocycles. The lowest BCUT2D eigenvalue weighted by atomic mass is 10.2. The maximum absolute atomic E-state index is 12.5. The van der Waals surface area contributed by atoms with E-state index in [0.29, 0.717) is 17.9 Å². The molecule has 4 aromatic rings. The first-order valence-corrected chi connectivity index (χ1v) is 8.50. The molecule has 1 aromatic carbocycles. The zero-order valence-corrected chi connectivity index (χ0v) is 14.4. The second-order valence-corrected chi connectivity index (χ2v) is 6.28. The predicted molar refractivity (Wildman–Crippen MR) is 99.7 cm³/mol. The SMILES string of the molecule is CC(NC(=O)c1cc2cccnc2[nH]1)c1cnn(Cc2ccccc2)c1. The third-order valence-electron chi connectivity index (χ3n) is 4.32. The summed E-state index contributed by atoms with van der Waals surface area (Å²) in [5.74, 6) is -0.161. The van der Waals surface area contributed by atoms with Gasteiger partial charge in [0.1, 0.15) is 11.3 Å². The Kier molecular flexibility index (Phi) is 4.23. The summed E-state index contributed by atoms with van der Waals surface area (Å²) >= 11 is 0. The van der Waals surface area contributed by atoms with Crippen molar-refractivity contribution in [1.82, 2.24) is 25.1 Å². The Morgan fingerprint density at radius 2 is 2.08 bits per heavy atom. The molecule has 0 aliphatic carbocycles. The summed E-state index contributed by atoms with van der Waals surface area (Å²) in [6.45, 7) is 2.65. The molecule has 3 aromatic heterocycles. The van der Waals surface area contributed by atoms with Crippen LogP contribution in [0.4, 0.5) is 0 Å². The van der Waals surface area contributed by atoms with E-state index in [1.807, 2.05) is 54.2 Å². The van der Waals surface area contributed by atoms with Crippen LogP contribution in [0.5, 0.6) is 0 Å². The second-order valence-electron chi connectivity index (χ2n) is 6.28. The zero-order valence-electron chi connectivity index (χ0n) is 14.4. The Bertz CT molecular complexity index is 1000. The number of pyridine rings is 1. The lowest BCUT2D eigenvalue weighted by molar-refractivity contribution is 0.0935. The van der Waals surface area contributed by atoms with E-state index in [9.17, 15) is 4.79 Å². The molecule has 26 heavy (non-hydrogen) atoms. The van der Waals surface area contributed by atoms with E-state index in [0.717, 1.165) is 10.9 Å². The monoisotopic (exact) mass is 345 g/mol. The Balaban J connectivity index is 1.44. The summed E-state index contributed by atoms with van der Waals surface area (Å²) in [6, 6.07) is 15.6. The zero-order chi connectivity index (χ0) is 17.9. The summed E-state index contributed by atoms with van der Waals surface area (Å²) in [7, 11) is 0. The van der Waals surface area contributed by atoms with Gasteiger partial charge in [-0.25, -0.2) is 4.98 Å². The number of hydrogen-bond acceptors (Lipinski definition) is 3. The fourth-order valence-corrected chi connectivity index (χ4v) is 2.90. The van der Waals surface area contributed by atoms with Crippen LogP contribution in [-0.4, -0.2) is 25.7 Å². The number of rotatable bonds is 5. The fraction of sp³-hybridized carbons (Fsp3) is 0.150. The lowest BCUT2D eigenvalue weighted by Crippen LogP contribution is -2.26. The molecule has 6 heteroatoms. The number of benzene rings is 1. The number of carbonyl (C=O) groups is 1. The first-order chi connectivity index (χ1) is 12.7. The molecule has 0 radical (unpaired) electrons. The normalized spacial score (nSPS) is 12.2. The highest BCUT2D eigenvalue weighted by atomic mass is 16.1. The minimum Gasteiger partial charge on any atom is -0.344 e. The second kappa shape index (κ2) is 6.84. The molecular weight excluding hydrogens is 326 g/mol. The average molecular weight is 345 g/mol. The van der Waals surface area contributed by atoms with Gasteiger partial charge in [-0.1, -0.05) is 30.3 Å². The van der Waals surface area contributed by atoms with Gasteiger partial charge in [-0.3, -0.25) is 9.48 Å². The Labute approximate surface area is 150 Å². The summed E-state index contributed by atoms with van der Waals surface area (Å²) in [4.78, 5) is 19.8. The lowest BCUT2D eigenvalue weighted by Gasteiger charge is -2.11. The number of amides is 1. The molecular formula is C20H19N5O. The molecule has 0 spiro atoms. The Morgan fingerprint density at radius 3 is 2.88 bits per heavy atom. The molecule has 1 amide bonds. The van der Waals surface area contributed by atoms with Gasteiger partial charge < -0.3 is 10.3 Å². The highest BCUT2D eigenvalue weighted by molar-refractivity contribution is 5.97. The van der Waals surface area contributed by atoms with Gasteiger partial charge in [-0.2, -0.15) is 5.10 Å². The third-order valence-corrected chi connectivity index (χ3v) is 4.32. The van der Waals surface area contributed by atoms with Crippen LogP contribution in [-0.2, 0) is 6.54 Å². The van der Waals surface area contributed by atoms with Crippen LogP contribution in [0.3, 0.4) is 0 Å². The minimum absolute atomic E-state index is 0.147. The van der Waals surface area contributed by atoms with E-state index in [2.05, 4.69) is 32.5 Å². The average Bonchev–Trinajstić information content (AvgIpc) is 3.29. The summed E-state index contributed by atoms with van der Waals surface area (Å²) in [6.07, 6.45) is 5.45. The number of nitrogens with one attached hydrogen (secondary N) is 2. The van der Waals surface area contributed by atoms with Gasteiger partial charge in [0, 0.05) is 23.3 Å². The van der Waals surface area contributed by atoms with Crippen LogP contribution in [0.1, 0.15) is 34.6 Å². The number of carbonyl (C=O) groups excluding carboxylic acids is 1. The Morgan fingerprint density at radius 1 is 1.23 bits per heavy atom. The largest absolute Gasteiger partial charge is 0.344 e. The summed E-state index contributed by atoms with van der Waals surface area (Å²) in [5, 5.41) is 8.31. The summed E-state index contributed by atoms with van der Waals surface area (Å²) in [5.41, 5.74) is 3.36. The molecule has 0 bridgehead atoms. The van der Waals surface area contributed by atoms with Crippen molar-refractivity contribution in [1.29, 1.82) is 0 Å². The van der Waals surface area contributed by atoms with Gasteiger partial charge >= 0.3 is 0 Å². The number of nitrogens with zero attached hydrogens (tertiary/aromatic N) is 3. The van der Waals surface area contributed by atoms with Gasteiger partial charge in [0.25, 0.3) is 5.91 Å². The molecule has 4 rings (SSSR count). The quantitative estimate of drug-likeness (QED) is 0.583. The van der Waals surface area contributed by atoms with Crippen molar-refractivity contribution < 1.29 is 4.79 Å². The Hall–Kier alpha value is -3.41. The highest BCUT2D eigenvalue weighted by Crippen LogP contribution is 2.15. The maximum atomic E-state index is 12.5. The topological polar surface area (TPSA) is 75.6 Å². The van der Waals surface area contributed by atoms with Crippen molar-refractivity contribution in [3.05, 3.63) is 83.9 Å².